The van der Waals surface area contributed by atoms with Crippen LogP contribution >= 0.6 is 0 Å². The molecule has 24 heavy (non-hydrogen) atoms. The van der Waals surface area contributed by atoms with Crippen molar-refractivity contribution >= 4 is 11.6 Å². The van der Waals surface area contributed by atoms with Gasteiger partial charge in [-0.3, -0.25) is 4.79 Å². The zero-order chi connectivity index (χ0) is 16.9. The molecular weight excluding hydrogens is 300 g/mol. The Kier molecular flexibility index (Phi) is 4.53. The van der Waals surface area contributed by atoms with E-state index in [2.05, 4.69) is 17.8 Å². The lowest BCUT2D eigenvalue weighted by Crippen LogP contribution is -2.43. The number of para-hydroxylation sites is 1. The van der Waals surface area contributed by atoms with Gasteiger partial charge in [0.25, 0.3) is 5.91 Å². The summed E-state index contributed by atoms with van der Waals surface area (Å²) in [5.41, 5.74) is 2.34. The number of hydrogen-bond acceptors (Lipinski definition) is 3. The van der Waals surface area contributed by atoms with E-state index in [0.717, 1.165) is 17.0 Å². The van der Waals surface area contributed by atoms with Gasteiger partial charge in [-0.1, -0.05) is 42.8 Å². The molecule has 0 aromatic heterocycles. The van der Waals surface area contributed by atoms with Crippen molar-refractivity contribution in [2.24, 2.45) is 0 Å². The fraction of sp³-hybridized carbons (Fsp3) is 0.150. The van der Waals surface area contributed by atoms with Crippen LogP contribution in [0.1, 0.15) is 22.1 Å². The van der Waals surface area contributed by atoms with Gasteiger partial charge >= 0.3 is 0 Å². The third-order valence-electron chi connectivity index (χ3n) is 3.83. The lowest BCUT2D eigenvalue weighted by molar-refractivity contribution is 0.0711. The van der Waals surface area contributed by atoms with E-state index >= 15 is 0 Å². The van der Waals surface area contributed by atoms with Crippen LogP contribution in [0.4, 0.5) is 5.69 Å². The quantitative estimate of drug-likeness (QED) is 0.678. The summed E-state index contributed by atoms with van der Waals surface area (Å²) in [6.07, 6.45) is 6.82. The maximum Gasteiger partial charge on any atom is 0.258 e. The third-order valence-corrected chi connectivity index (χ3v) is 3.83. The number of benzene rings is 2. The fourth-order valence-electron chi connectivity index (χ4n) is 2.75. The van der Waals surface area contributed by atoms with Crippen LogP contribution in [0, 0.1) is 12.3 Å². The first kappa shape index (κ1) is 15.7. The largest absolute Gasteiger partial charge is 0.490 e. The zero-order valence-corrected chi connectivity index (χ0v) is 13.2. The molecule has 0 bridgehead atoms. The summed E-state index contributed by atoms with van der Waals surface area (Å²) in [5.74, 6) is 3.21. The van der Waals surface area contributed by atoms with Crippen molar-refractivity contribution in [3.63, 3.8) is 0 Å². The van der Waals surface area contributed by atoms with Gasteiger partial charge in [0.1, 0.15) is 18.5 Å². The van der Waals surface area contributed by atoms with Crippen LogP contribution in [0.15, 0.2) is 61.2 Å². The molecule has 4 heteroatoms. The van der Waals surface area contributed by atoms with Crippen molar-refractivity contribution in [2.75, 3.05) is 18.5 Å². The molecule has 1 aliphatic heterocycles. The Hall–Kier alpha value is -3.19. The van der Waals surface area contributed by atoms with E-state index in [0.29, 0.717) is 12.2 Å². The van der Waals surface area contributed by atoms with Gasteiger partial charge in [0, 0.05) is 5.69 Å². The monoisotopic (exact) mass is 318 g/mol. The number of amides is 1. The summed E-state index contributed by atoms with van der Waals surface area (Å²) in [6.45, 7) is 4.30. The van der Waals surface area contributed by atoms with Gasteiger partial charge in [-0.15, -0.1) is 6.42 Å². The Labute approximate surface area is 141 Å². The highest BCUT2D eigenvalue weighted by molar-refractivity contribution is 6.01. The highest BCUT2D eigenvalue weighted by Crippen LogP contribution is 2.33. The Morgan fingerprint density at radius 2 is 2.12 bits per heavy atom. The number of nitrogens with zero attached hydrogens (tertiary/aromatic N) is 1. The second kappa shape index (κ2) is 6.93. The second-order valence-corrected chi connectivity index (χ2v) is 5.40. The molecule has 1 atom stereocenters. The van der Waals surface area contributed by atoms with E-state index in [-0.39, 0.29) is 18.6 Å². The SMILES string of the molecule is C#CCN1C(=O)c2ccccc2NC1c1cccc(OCC=C)c1. The summed E-state index contributed by atoms with van der Waals surface area (Å²) in [6, 6.07) is 15.1. The molecule has 0 saturated heterocycles. The summed E-state index contributed by atoms with van der Waals surface area (Å²) in [7, 11) is 0. The number of rotatable bonds is 5. The predicted molar refractivity (Wildman–Crippen MR) is 94.8 cm³/mol. The molecule has 1 unspecified atom stereocenters. The van der Waals surface area contributed by atoms with Gasteiger partial charge in [-0.25, -0.2) is 0 Å². The molecule has 0 aliphatic carbocycles. The molecule has 0 spiro atoms. The smallest absolute Gasteiger partial charge is 0.258 e. The van der Waals surface area contributed by atoms with E-state index < -0.39 is 0 Å². The first-order chi connectivity index (χ1) is 11.7. The van der Waals surface area contributed by atoms with Gasteiger partial charge in [-0.2, -0.15) is 0 Å². The summed E-state index contributed by atoms with van der Waals surface area (Å²) >= 11 is 0. The molecule has 2 aromatic rings. The highest BCUT2D eigenvalue weighted by Gasteiger charge is 2.32. The van der Waals surface area contributed by atoms with Crippen molar-refractivity contribution in [3.05, 3.63) is 72.3 Å². The summed E-state index contributed by atoms with van der Waals surface area (Å²) in [4.78, 5) is 14.4. The minimum Gasteiger partial charge on any atom is -0.490 e. The molecule has 0 fully saturated rings. The predicted octanol–water partition coefficient (Wildman–Crippen LogP) is 3.45. The molecule has 3 rings (SSSR count). The lowest BCUT2D eigenvalue weighted by Gasteiger charge is -2.37. The molecule has 1 heterocycles. The molecule has 0 saturated carbocycles. The second-order valence-electron chi connectivity index (χ2n) is 5.40. The maximum absolute atomic E-state index is 12.8. The Morgan fingerprint density at radius 1 is 1.29 bits per heavy atom. The molecule has 0 radical (unpaired) electrons. The third kappa shape index (κ3) is 2.97. The number of ether oxygens (including phenoxy) is 1. The summed E-state index contributed by atoms with van der Waals surface area (Å²) in [5, 5.41) is 3.40. The van der Waals surface area contributed by atoms with Crippen LogP contribution in [0.2, 0.25) is 0 Å². The number of hydrogen-bond donors (Lipinski definition) is 1. The van der Waals surface area contributed by atoms with Gasteiger partial charge < -0.3 is 15.0 Å². The van der Waals surface area contributed by atoms with Crippen molar-refractivity contribution in [2.45, 2.75) is 6.17 Å². The average Bonchev–Trinajstić information content (AvgIpc) is 2.62. The van der Waals surface area contributed by atoms with E-state index in [4.69, 9.17) is 11.2 Å². The number of carbonyl (C=O) groups is 1. The molecular formula is C20H18N2O2. The average molecular weight is 318 g/mol. The standard InChI is InChI=1S/C20H18N2O2/c1-3-12-22-19(15-8-7-9-16(14-15)24-13-4-2)21-18-11-6-5-10-17(18)20(22)23/h1,4-11,14,19,21H,2,12-13H2. The molecule has 1 aliphatic rings. The lowest BCUT2D eigenvalue weighted by atomic mass is 10.0. The first-order valence-electron chi connectivity index (χ1n) is 7.68. The Morgan fingerprint density at radius 3 is 2.92 bits per heavy atom. The van der Waals surface area contributed by atoms with Crippen molar-refractivity contribution < 1.29 is 9.53 Å². The van der Waals surface area contributed by atoms with Crippen LogP contribution in [-0.2, 0) is 0 Å². The van der Waals surface area contributed by atoms with Gasteiger partial charge in [-0.05, 0) is 29.8 Å². The van der Waals surface area contributed by atoms with Crippen molar-refractivity contribution in [1.82, 2.24) is 4.90 Å². The first-order valence-corrected chi connectivity index (χ1v) is 7.68. The van der Waals surface area contributed by atoms with Crippen LogP contribution in [-0.4, -0.2) is 24.0 Å². The van der Waals surface area contributed by atoms with E-state index in [1.807, 2.05) is 42.5 Å². The van der Waals surface area contributed by atoms with E-state index in [9.17, 15) is 4.79 Å². The molecule has 2 aromatic carbocycles. The topological polar surface area (TPSA) is 41.6 Å². The van der Waals surface area contributed by atoms with Gasteiger partial charge in [0.2, 0.25) is 0 Å². The van der Waals surface area contributed by atoms with Crippen LogP contribution in [0.5, 0.6) is 5.75 Å². The van der Waals surface area contributed by atoms with E-state index in [1.165, 1.54) is 0 Å². The fourth-order valence-corrected chi connectivity index (χ4v) is 2.75. The van der Waals surface area contributed by atoms with E-state index in [1.54, 1.807) is 17.0 Å². The van der Waals surface area contributed by atoms with Crippen molar-refractivity contribution in [1.29, 1.82) is 0 Å². The Bertz CT molecular complexity index is 807. The molecule has 120 valence electrons. The number of anilines is 1. The molecule has 1 N–H and O–H groups in total. The number of nitrogens with one attached hydrogen (secondary N) is 1. The summed E-state index contributed by atoms with van der Waals surface area (Å²) < 4.78 is 5.59. The normalized spacial score (nSPS) is 15.9. The minimum absolute atomic E-state index is 0.0790. The van der Waals surface area contributed by atoms with Crippen LogP contribution in [0.25, 0.3) is 0 Å². The van der Waals surface area contributed by atoms with Crippen molar-refractivity contribution in [3.8, 4) is 18.1 Å². The number of carbonyl (C=O) groups excluding carboxylic acids is 1. The Balaban J connectivity index is 1.98. The van der Waals surface area contributed by atoms with Gasteiger partial charge in [0.05, 0.1) is 12.1 Å². The number of fused-ring (bicyclic) bond motifs is 1. The zero-order valence-electron chi connectivity index (χ0n) is 13.2. The maximum atomic E-state index is 12.8. The number of terminal acetylenes is 1. The van der Waals surface area contributed by atoms with Crippen LogP contribution in [0.3, 0.4) is 0 Å². The van der Waals surface area contributed by atoms with Gasteiger partial charge in [0.15, 0.2) is 0 Å². The minimum atomic E-state index is -0.337. The highest BCUT2D eigenvalue weighted by atomic mass is 16.5. The molecule has 4 nitrogen and oxygen atoms in total. The van der Waals surface area contributed by atoms with Crippen LogP contribution < -0.4 is 10.1 Å². The molecule has 1 amide bonds.